The van der Waals surface area contributed by atoms with E-state index in [1.807, 2.05) is 15.7 Å². The molecule has 0 unspecified atom stereocenters. The fourth-order valence-electron chi connectivity index (χ4n) is 3.24. The lowest BCUT2D eigenvalue weighted by Gasteiger charge is -2.11. The predicted octanol–water partition coefficient (Wildman–Crippen LogP) is 3.69. The summed E-state index contributed by atoms with van der Waals surface area (Å²) in [5.74, 6) is 0.848. The average molecular weight is 408 g/mol. The molecule has 3 heterocycles. The van der Waals surface area contributed by atoms with Crippen molar-refractivity contribution in [3.8, 4) is 0 Å². The van der Waals surface area contributed by atoms with Crippen LogP contribution in [0.5, 0.6) is 0 Å². The number of nitrogens with two attached hydrogens (primary N) is 1. The molecule has 1 amide bonds. The molecule has 1 aliphatic rings. The maximum atomic E-state index is 11.2. The number of amides is 1. The summed E-state index contributed by atoms with van der Waals surface area (Å²) in [7, 11) is 0. The Labute approximate surface area is 164 Å². The third-order valence-electron chi connectivity index (χ3n) is 4.47. The van der Waals surface area contributed by atoms with Gasteiger partial charge in [-0.3, -0.25) is 4.79 Å². The highest BCUT2D eigenvalue weighted by Crippen LogP contribution is 2.39. The number of primary amides is 1. The van der Waals surface area contributed by atoms with Gasteiger partial charge in [0.2, 0.25) is 5.91 Å². The van der Waals surface area contributed by atoms with Crippen LogP contribution in [0.25, 0.3) is 15.9 Å². The van der Waals surface area contributed by atoms with E-state index in [9.17, 15) is 4.79 Å². The smallest absolute Gasteiger partial charge is 0.227 e. The largest absolute Gasteiger partial charge is 0.369 e. The lowest BCUT2D eigenvalue weighted by Crippen LogP contribution is -2.13. The highest BCUT2D eigenvalue weighted by Gasteiger charge is 2.23. The van der Waals surface area contributed by atoms with Crippen molar-refractivity contribution >= 4 is 56.6 Å². The molecule has 26 heavy (non-hydrogen) atoms. The molecule has 3 aromatic heterocycles. The molecule has 0 radical (unpaired) electrons. The van der Waals surface area contributed by atoms with Crippen LogP contribution in [-0.2, 0) is 17.6 Å². The minimum Gasteiger partial charge on any atom is -0.369 e. The highest BCUT2D eigenvalue weighted by atomic mass is 32.2. The maximum absolute atomic E-state index is 11.2. The summed E-state index contributed by atoms with van der Waals surface area (Å²) in [5, 5.41) is 11.6. The first kappa shape index (κ1) is 18.1. The molecule has 0 aliphatic heterocycles. The molecular formula is C17H21N5OS3. The number of carbonyl (C=O) groups excluding carboxylic acids is 1. The molecule has 0 aromatic carbocycles. The first-order valence-corrected chi connectivity index (χ1v) is 11.7. The number of hydrogen-bond donors (Lipinski definition) is 1. The van der Waals surface area contributed by atoms with Crippen molar-refractivity contribution in [2.75, 3.05) is 11.5 Å². The minimum absolute atomic E-state index is 0.194. The second-order valence-electron chi connectivity index (χ2n) is 6.38. The number of unbranched alkanes of at least 4 members (excludes halogenated alkanes) is 1. The van der Waals surface area contributed by atoms with Crippen molar-refractivity contribution < 1.29 is 4.79 Å². The van der Waals surface area contributed by atoms with Gasteiger partial charge in [-0.2, -0.15) is 0 Å². The van der Waals surface area contributed by atoms with Crippen molar-refractivity contribution in [2.24, 2.45) is 5.73 Å². The fourth-order valence-corrected chi connectivity index (χ4v) is 6.35. The number of rotatable bonds is 7. The molecule has 4 rings (SSSR count). The third-order valence-corrected chi connectivity index (χ3v) is 7.63. The summed E-state index contributed by atoms with van der Waals surface area (Å²) in [5.41, 5.74) is 7.59. The van der Waals surface area contributed by atoms with E-state index in [1.165, 1.54) is 35.0 Å². The summed E-state index contributed by atoms with van der Waals surface area (Å²) in [6.07, 6.45) is 6.98. The molecule has 0 fully saturated rings. The molecule has 0 saturated carbocycles. The van der Waals surface area contributed by atoms with Crippen LogP contribution >= 0.6 is 34.9 Å². The van der Waals surface area contributed by atoms with Gasteiger partial charge in [-0.05, 0) is 37.7 Å². The molecule has 1 aliphatic carbocycles. The predicted molar refractivity (Wildman–Crippen MR) is 108 cm³/mol. The monoisotopic (exact) mass is 407 g/mol. The van der Waals surface area contributed by atoms with E-state index in [2.05, 4.69) is 17.1 Å². The molecule has 0 spiro atoms. The number of thiophene rings is 1. The second-order valence-corrected chi connectivity index (χ2v) is 9.47. The van der Waals surface area contributed by atoms with Gasteiger partial charge in [-0.1, -0.05) is 36.9 Å². The van der Waals surface area contributed by atoms with Crippen molar-refractivity contribution in [3.63, 3.8) is 0 Å². The Morgan fingerprint density at radius 3 is 2.88 bits per heavy atom. The zero-order valence-electron chi connectivity index (χ0n) is 14.7. The van der Waals surface area contributed by atoms with Gasteiger partial charge in [-0.25, -0.2) is 9.38 Å². The Bertz CT molecular complexity index is 965. The van der Waals surface area contributed by atoms with Gasteiger partial charge in [0.05, 0.1) is 11.1 Å². The Morgan fingerprint density at radius 1 is 1.23 bits per heavy atom. The number of aryl methyl sites for hydroxylation is 2. The Balaban J connectivity index is 1.87. The molecule has 3 aromatic rings. The summed E-state index contributed by atoms with van der Waals surface area (Å²) in [6, 6.07) is 0. The Morgan fingerprint density at radius 2 is 2.08 bits per heavy atom. The Kier molecular flexibility index (Phi) is 5.37. The van der Waals surface area contributed by atoms with Crippen molar-refractivity contribution in [1.82, 2.24) is 19.6 Å². The van der Waals surface area contributed by atoms with Crippen LogP contribution < -0.4 is 5.73 Å². The standard InChI is InChI=1S/C17H21N5OS3/c1-2-3-8-24-16-19-15-13(10-6-4-5-7-11(10)26-15)14-20-21-17(22(14)16)25-9-12(18)23/h2-9H2,1H3,(H2,18,23). The van der Waals surface area contributed by atoms with Gasteiger partial charge < -0.3 is 5.73 Å². The van der Waals surface area contributed by atoms with E-state index < -0.39 is 0 Å². The SMILES string of the molecule is CCCCSc1nc2sc3c(c2c2nnc(SCC(N)=O)n12)CCCC3. The zero-order chi connectivity index (χ0) is 18.1. The van der Waals surface area contributed by atoms with Crippen LogP contribution in [-0.4, -0.2) is 37.0 Å². The van der Waals surface area contributed by atoms with E-state index in [0.29, 0.717) is 5.16 Å². The third kappa shape index (κ3) is 3.32. The summed E-state index contributed by atoms with van der Waals surface area (Å²) < 4.78 is 2.03. The molecule has 138 valence electrons. The number of aromatic nitrogens is 4. The van der Waals surface area contributed by atoms with Crippen LogP contribution in [0.4, 0.5) is 0 Å². The first-order chi connectivity index (χ1) is 12.7. The van der Waals surface area contributed by atoms with Gasteiger partial charge in [-0.15, -0.1) is 21.5 Å². The molecule has 2 N–H and O–H groups in total. The minimum atomic E-state index is -0.353. The van der Waals surface area contributed by atoms with Crippen LogP contribution in [0.15, 0.2) is 10.3 Å². The van der Waals surface area contributed by atoms with Crippen LogP contribution in [0.1, 0.15) is 43.0 Å². The number of nitrogens with zero attached hydrogens (tertiary/aromatic N) is 4. The van der Waals surface area contributed by atoms with Crippen LogP contribution in [0.2, 0.25) is 0 Å². The lowest BCUT2D eigenvalue weighted by atomic mass is 9.97. The Hall–Kier alpha value is -1.32. The van der Waals surface area contributed by atoms with Crippen molar-refractivity contribution in [2.45, 2.75) is 55.8 Å². The number of carbonyl (C=O) groups is 1. The highest BCUT2D eigenvalue weighted by molar-refractivity contribution is 8.00. The molecule has 0 saturated heterocycles. The molecule has 6 nitrogen and oxygen atoms in total. The van der Waals surface area contributed by atoms with E-state index in [1.54, 1.807) is 11.8 Å². The molecule has 9 heteroatoms. The number of thioether (sulfide) groups is 2. The first-order valence-electron chi connectivity index (χ1n) is 8.92. The van der Waals surface area contributed by atoms with Crippen molar-refractivity contribution in [3.05, 3.63) is 10.4 Å². The topological polar surface area (TPSA) is 86.2 Å². The van der Waals surface area contributed by atoms with E-state index in [-0.39, 0.29) is 11.7 Å². The van der Waals surface area contributed by atoms with E-state index in [0.717, 1.165) is 52.5 Å². The molecule has 0 atom stereocenters. The zero-order valence-corrected chi connectivity index (χ0v) is 17.1. The molecular weight excluding hydrogens is 386 g/mol. The maximum Gasteiger partial charge on any atom is 0.227 e. The van der Waals surface area contributed by atoms with Crippen LogP contribution in [0.3, 0.4) is 0 Å². The fraction of sp³-hybridized carbons (Fsp3) is 0.529. The van der Waals surface area contributed by atoms with Gasteiger partial charge in [0.1, 0.15) is 4.83 Å². The molecule has 0 bridgehead atoms. The van der Waals surface area contributed by atoms with Crippen LogP contribution in [0, 0.1) is 0 Å². The number of hydrogen-bond acceptors (Lipinski definition) is 7. The summed E-state index contributed by atoms with van der Waals surface area (Å²) in [6.45, 7) is 2.19. The van der Waals surface area contributed by atoms with Gasteiger partial charge >= 0.3 is 0 Å². The average Bonchev–Trinajstić information content (AvgIpc) is 3.20. The normalized spacial score (nSPS) is 14.2. The summed E-state index contributed by atoms with van der Waals surface area (Å²) >= 11 is 4.88. The second kappa shape index (κ2) is 7.74. The van der Waals surface area contributed by atoms with Crippen molar-refractivity contribution in [1.29, 1.82) is 0 Å². The van der Waals surface area contributed by atoms with Gasteiger partial charge in [0.25, 0.3) is 0 Å². The lowest BCUT2D eigenvalue weighted by molar-refractivity contribution is -0.115. The number of fused-ring (bicyclic) bond motifs is 5. The summed E-state index contributed by atoms with van der Waals surface area (Å²) in [4.78, 5) is 18.7. The van der Waals surface area contributed by atoms with Gasteiger partial charge in [0, 0.05) is 10.6 Å². The van der Waals surface area contributed by atoms with Gasteiger partial charge in [0.15, 0.2) is 16.0 Å². The quantitative estimate of drug-likeness (QED) is 0.365. The van der Waals surface area contributed by atoms with E-state index in [4.69, 9.17) is 10.7 Å². The van der Waals surface area contributed by atoms with E-state index >= 15 is 0 Å².